The van der Waals surface area contributed by atoms with Gasteiger partial charge in [0, 0.05) is 22.0 Å². The van der Waals surface area contributed by atoms with Crippen molar-refractivity contribution in [2.75, 3.05) is 0 Å². The number of nitrogens with two attached hydrogens (primary N) is 1. The van der Waals surface area contributed by atoms with Crippen LogP contribution in [0.2, 0.25) is 0 Å². The number of nitrogens with zero attached hydrogens (tertiary/aromatic N) is 2. The first-order valence-electron chi connectivity index (χ1n) is 5.18. The third-order valence-electron chi connectivity index (χ3n) is 2.30. The number of thiazole rings is 1. The molecule has 0 aliphatic carbocycles. The maximum absolute atomic E-state index is 12.7. The molecule has 20 heavy (non-hydrogen) atoms. The molecular formula is C11H8F3N3OS2. The molecule has 1 aromatic heterocycles. The summed E-state index contributed by atoms with van der Waals surface area (Å²) in [5.41, 5.74) is 4.60. The first-order valence-corrected chi connectivity index (χ1v) is 6.88. The highest BCUT2D eigenvalue weighted by Crippen LogP contribution is 2.36. The van der Waals surface area contributed by atoms with Gasteiger partial charge in [0.2, 0.25) is 0 Å². The average molecular weight is 319 g/mol. The first kappa shape index (κ1) is 14.7. The Bertz CT molecular complexity index is 626. The number of halogens is 3. The molecule has 4 nitrogen and oxygen atoms in total. The van der Waals surface area contributed by atoms with Crippen molar-refractivity contribution in [3.8, 4) is 0 Å². The molecule has 0 amide bonds. The van der Waals surface area contributed by atoms with Gasteiger partial charge in [-0.05, 0) is 18.2 Å². The maximum Gasteiger partial charge on any atom is 0.416 e. The first-order chi connectivity index (χ1) is 9.41. The van der Waals surface area contributed by atoms with Gasteiger partial charge in [0.05, 0.1) is 5.56 Å². The normalized spacial score (nSPS) is 12.7. The van der Waals surface area contributed by atoms with Crippen molar-refractivity contribution in [3.05, 3.63) is 40.9 Å². The molecule has 1 aromatic carbocycles. The summed E-state index contributed by atoms with van der Waals surface area (Å²) in [5.74, 6) is -0.379. The molecule has 106 valence electrons. The van der Waals surface area contributed by atoms with Crippen LogP contribution in [0.4, 0.5) is 13.2 Å². The number of hydrogen-bond donors (Lipinski definition) is 2. The number of hydrogen-bond acceptors (Lipinski definition) is 5. The van der Waals surface area contributed by atoms with Crippen molar-refractivity contribution in [2.24, 2.45) is 10.9 Å². The van der Waals surface area contributed by atoms with Crippen LogP contribution in [0.5, 0.6) is 0 Å². The van der Waals surface area contributed by atoms with Gasteiger partial charge in [-0.2, -0.15) is 13.2 Å². The zero-order chi connectivity index (χ0) is 14.8. The molecule has 0 spiro atoms. The Hall–Kier alpha value is -1.74. The number of amidine groups is 1. The molecule has 0 fully saturated rings. The topological polar surface area (TPSA) is 71.5 Å². The van der Waals surface area contributed by atoms with Gasteiger partial charge in [-0.15, -0.1) is 11.3 Å². The van der Waals surface area contributed by atoms with Crippen LogP contribution >= 0.6 is 23.1 Å². The van der Waals surface area contributed by atoms with E-state index in [0.717, 1.165) is 23.9 Å². The van der Waals surface area contributed by atoms with E-state index in [4.69, 9.17) is 10.9 Å². The quantitative estimate of drug-likeness (QED) is 0.394. The molecule has 9 heteroatoms. The van der Waals surface area contributed by atoms with Crippen molar-refractivity contribution < 1.29 is 18.4 Å². The van der Waals surface area contributed by atoms with Gasteiger partial charge in [-0.1, -0.05) is 16.9 Å². The molecule has 3 N–H and O–H groups in total. The second-order valence-electron chi connectivity index (χ2n) is 3.59. The van der Waals surface area contributed by atoms with Crippen LogP contribution in [-0.2, 0) is 6.18 Å². The Morgan fingerprint density at radius 3 is 2.70 bits per heavy atom. The van der Waals surface area contributed by atoms with Gasteiger partial charge >= 0.3 is 6.18 Å². The van der Waals surface area contributed by atoms with Gasteiger partial charge in [-0.3, -0.25) is 0 Å². The lowest BCUT2D eigenvalue weighted by atomic mass is 10.1. The fourth-order valence-corrected chi connectivity index (χ4v) is 3.10. The van der Waals surface area contributed by atoms with Crippen LogP contribution in [0.1, 0.15) is 11.1 Å². The van der Waals surface area contributed by atoms with Crippen LogP contribution in [0.3, 0.4) is 0 Å². The summed E-state index contributed by atoms with van der Waals surface area (Å²) in [4.78, 5) is 4.46. The largest absolute Gasteiger partial charge is 0.416 e. The number of rotatable bonds is 3. The molecule has 0 aliphatic heterocycles. The molecule has 0 unspecified atom stereocenters. The van der Waals surface area contributed by atoms with E-state index >= 15 is 0 Å². The summed E-state index contributed by atoms with van der Waals surface area (Å²) >= 11 is 2.49. The minimum atomic E-state index is -4.49. The van der Waals surface area contributed by atoms with Crippen LogP contribution in [0.25, 0.3) is 0 Å². The summed E-state index contributed by atoms with van der Waals surface area (Å²) in [5, 5.41) is 13.2. The van der Waals surface area contributed by atoms with Crippen LogP contribution < -0.4 is 5.73 Å². The van der Waals surface area contributed by atoms with E-state index in [2.05, 4.69) is 10.1 Å². The molecule has 0 saturated carbocycles. The van der Waals surface area contributed by atoms with E-state index in [9.17, 15) is 13.2 Å². The number of aromatic nitrogens is 1. The number of benzene rings is 1. The third-order valence-corrected chi connectivity index (χ3v) is 4.26. The van der Waals surface area contributed by atoms with Gasteiger partial charge in [0.15, 0.2) is 10.2 Å². The van der Waals surface area contributed by atoms with Gasteiger partial charge < -0.3 is 10.9 Å². The highest BCUT2D eigenvalue weighted by molar-refractivity contribution is 8.01. The van der Waals surface area contributed by atoms with E-state index in [1.807, 2.05) is 0 Å². The predicted molar refractivity (Wildman–Crippen MR) is 70.2 cm³/mol. The Morgan fingerprint density at radius 2 is 2.15 bits per heavy atom. The summed E-state index contributed by atoms with van der Waals surface area (Å²) in [6.45, 7) is 0. The monoisotopic (exact) mass is 319 g/mol. The minimum absolute atomic E-state index is 0.0162. The van der Waals surface area contributed by atoms with Gasteiger partial charge in [0.1, 0.15) is 0 Å². The summed E-state index contributed by atoms with van der Waals surface area (Å²) in [6, 6.07) is 3.08. The second kappa shape index (κ2) is 5.71. The molecule has 2 aromatic rings. The van der Waals surface area contributed by atoms with Crippen LogP contribution in [-0.4, -0.2) is 16.0 Å². The van der Waals surface area contributed by atoms with Crippen molar-refractivity contribution in [2.45, 2.75) is 15.4 Å². The fourth-order valence-electron chi connectivity index (χ4n) is 1.40. The Labute approximate surface area is 120 Å². The van der Waals surface area contributed by atoms with E-state index in [0.29, 0.717) is 9.24 Å². The SMILES string of the molecule is N/C(=N/O)c1cc(C(F)(F)F)ccc1Sc1nccs1. The highest BCUT2D eigenvalue weighted by atomic mass is 32.2. The second-order valence-corrected chi connectivity index (χ2v) is 5.78. The lowest BCUT2D eigenvalue weighted by Gasteiger charge is -2.11. The van der Waals surface area contributed by atoms with E-state index in [1.165, 1.54) is 17.4 Å². The minimum Gasteiger partial charge on any atom is -0.409 e. The molecule has 0 radical (unpaired) electrons. The number of alkyl halides is 3. The molecule has 0 aliphatic rings. The summed E-state index contributed by atoms with van der Waals surface area (Å²) < 4.78 is 38.7. The van der Waals surface area contributed by atoms with Crippen LogP contribution in [0, 0.1) is 0 Å². The third kappa shape index (κ3) is 3.23. The zero-order valence-electron chi connectivity index (χ0n) is 9.76. The number of oxime groups is 1. The van der Waals surface area contributed by atoms with Crippen molar-refractivity contribution in [1.82, 2.24) is 4.98 Å². The van der Waals surface area contributed by atoms with Crippen molar-refractivity contribution in [3.63, 3.8) is 0 Å². The molecule has 2 rings (SSSR count). The van der Waals surface area contributed by atoms with Gasteiger partial charge in [0.25, 0.3) is 0 Å². The molecular weight excluding hydrogens is 311 g/mol. The lowest BCUT2D eigenvalue weighted by Crippen LogP contribution is -2.16. The molecule has 0 bridgehead atoms. The van der Waals surface area contributed by atoms with Crippen molar-refractivity contribution in [1.29, 1.82) is 0 Å². The molecule has 1 heterocycles. The smallest absolute Gasteiger partial charge is 0.409 e. The molecule has 0 atom stereocenters. The van der Waals surface area contributed by atoms with E-state index < -0.39 is 11.7 Å². The van der Waals surface area contributed by atoms with Crippen molar-refractivity contribution >= 4 is 28.9 Å². The standard InChI is InChI=1S/C11H8F3N3OS2/c12-11(13,14)6-1-2-8(7(5-6)9(15)17-18)20-10-16-3-4-19-10/h1-5,18H,(H2,15,17). The molecule has 0 saturated heterocycles. The van der Waals surface area contributed by atoms with E-state index in [-0.39, 0.29) is 11.4 Å². The summed E-state index contributed by atoms with van der Waals surface area (Å²) in [7, 11) is 0. The zero-order valence-corrected chi connectivity index (χ0v) is 11.4. The lowest BCUT2D eigenvalue weighted by molar-refractivity contribution is -0.137. The fraction of sp³-hybridized carbons (Fsp3) is 0.0909. The Balaban J connectivity index is 2.46. The van der Waals surface area contributed by atoms with Gasteiger partial charge in [-0.25, -0.2) is 4.98 Å². The Kier molecular flexibility index (Phi) is 4.19. The highest BCUT2D eigenvalue weighted by Gasteiger charge is 2.31. The average Bonchev–Trinajstić information content (AvgIpc) is 2.90. The van der Waals surface area contributed by atoms with Crippen LogP contribution in [0.15, 0.2) is 44.2 Å². The predicted octanol–water partition coefficient (Wildman–Crippen LogP) is 3.41. The Morgan fingerprint density at radius 1 is 1.40 bits per heavy atom. The summed E-state index contributed by atoms with van der Waals surface area (Å²) in [6.07, 6.45) is -2.91. The van der Waals surface area contributed by atoms with E-state index in [1.54, 1.807) is 11.6 Å². The maximum atomic E-state index is 12.7.